The zero-order valence-electron chi connectivity index (χ0n) is 9.77. The van der Waals surface area contributed by atoms with Gasteiger partial charge in [0.25, 0.3) is 0 Å². The number of oxazole rings is 1. The minimum Gasteiger partial charge on any atom is -0.497 e. The van der Waals surface area contributed by atoms with Crippen LogP contribution in [0.3, 0.4) is 0 Å². The molecule has 1 N–H and O–H groups in total. The van der Waals surface area contributed by atoms with E-state index in [4.69, 9.17) is 13.9 Å². The summed E-state index contributed by atoms with van der Waals surface area (Å²) in [6.07, 6.45) is 3.07. The molecule has 0 aliphatic heterocycles. The van der Waals surface area contributed by atoms with Crippen molar-refractivity contribution in [3.8, 4) is 11.5 Å². The van der Waals surface area contributed by atoms with Gasteiger partial charge in [-0.05, 0) is 12.1 Å². The summed E-state index contributed by atoms with van der Waals surface area (Å²) in [7, 11) is 3.24. The van der Waals surface area contributed by atoms with Crippen molar-refractivity contribution >= 4 is 5.69 Å². The Balaban J connectivity index is 2.09. The van der Waals surface area contributed by atoms with Crippen LogP contribution in [0.1, 0.15) is 5.76 Å². The molecule has 17 heavy (non-hydrogen) atoms. The maximum atomic E-state index is 5.27. The second kappa shape index (κ2) is 5.25. The number of nitrogens with zero attached hydrogens (tertiary/aromatic N) is 1. The molecular weight excluding hydrogens is 220 g/mol. The van der Waals surface area contributed by atoms with Crippen LogP contribution in [0.4, 0.5) is 5.69 Å². The standard InChI is InChI=1S/C12H14N2O3/c1-15-9-3-4-11(12(5-9)16-2)14-7-10-6-13-8-17-10/h3-6,8,14H,7H2,1-2H3. The minimum atomic E-state index is 0.558. The lowest BCUT2D eigenvalue weighted by molar-refractivity contribution is 0.395. The number of nitrogens with one attached hydrogen (secondary N) is 1. The number of hydrogen-bond donors (Lipinski definition) is 1. The molecule has 0 atom stereocenters. The van der Waals surface area contributed by atoms with E-state index < -0.39 is 0 Å². The molecule has 0 radical (unpaired) electrons. The lowest BCUT2D eigenvalue weighted by Gasteiger charge is -2.11. The third-order valence-electron chi connectivity index (χ3n) is 2.35. The molecule has 90 valence electrons. The Labute approximate surface area is 99.4 Å². The maximum Gasteiger partial charge on any atom is 0.180 e. The van der Waals surface area contributed by atoms with E-state index in [0.29, 0.717) is 6.54 Å². The number of benzene rings is 1. The van der Waals surface area contributed by atoms with Crippen LogP contribution in [0.25, 0.3) is 0 Å². The fourth-order valence-corrected chi connectivity index (χ4v) is 1.46. The molecule has 0 spiro atoms. The molecule has 2 rings (SSSR count). The maximum absolute atomic E-state index is 5.27. The van der Waals surface area contributed by atoms with Crippen molar-refractivity contribution in [1.29, 1.82) is 0 Å². The minimum absolute atomic E-state index is 0.558. The van der Waals surface area contributed by atoms with Crippen molar-refractivity contribution in [1.82, 2.24) is 4.98 Å². The number of anilines is 1. The topological polar surface area (TPSA) is 56.5 Å². The van der Waals surface area contributed by atoms with Crippen molar-refractivity contribution in [2.75, 3.05) is 19.5 Å². The average molecular weight is 234 g/mol. The molecule has 0 fully saturated rings. The first-order valence-corrected chi connectivity index (χ1v) is 5.16. The molecule has 0 aliphatic carbocycles. The van der Waals surface area contributed by atoms with Crippen molar-refractivity contribution < 1.29 is 13.9 Å². The van der Waals surface area contributed by atoms with E-state index in [2.05, 4.69) is 10.3 Å². The molecular formula is C12H14N2O3. The highest BCUT2D eigenvalue weighted by molar-refractivity contribution is 5.59. The van der Waals surface area contributed by atoms with Gasteiger partial charge in [0.15, 0.2) is 6.39 Å². The van der Waals surface area contributed by atoms with Gasteiger partial charge in [-0.2, -0.15) is 0 Å². The summed E-state index contributed by atoms with van der Waals surface area (Å²) >= 11 is 0. The number of methoxy groups -OCH3 is 2. The van der Waals surface area contributed by atoms with Crippen molar-refractivity contribution in [2.24, 2.45) is 0 Å². The molecule has 1 heterocycles. The quantitative estimate of drug-likeness (QED) is 0.860. The second-order valence-corrected chi connectivity index (χ2v) is 3.39. The molecule has 0 aliphatic rings. The molecule has 2 aromatic rings. The Bertz CT molecular complexity index is 469. The number of rotatable bonds is 5. The lowest BCUT2D eigenvalue weighted by Crippen LogP contribution is -2.00. The average Bonchev–Trinajstić information content (AvgIpc) is 2.89. The monoisotopic (exact) mass is 234 g/mol. The first kappa shape index (κ1) is 11.3. The second-order valence-electron chi connectivity index (χ2n) is 3.39. The Hall–Kier alpha value is -2.17. The highest BCUT2D eigenvalue weighted by atomic mass is 16.5. The van der Waals surface area contributed by atoms with Gasteiger partial charge in [-0.15, -0.1) is 0 Å². The Morgan fingerprint density at radius 3 is 2.82 bits per heavy atom. The van der Waals surface area contributed by atoms with Crippen LogP contribution in [-0.4, -0.2) is 19.2 Å². The summed E-state index contributed by atoms with van der Waals surface area (Å²) in [6.45, 7) is 0.558. The highest BCUT2D eigenvalue weighted by Gasteiger charge is 2.05. The van der Waals surface area contributed by atoms with E-state index in [-0.39, 0.29) is 0 Å². The predicted octanol–water partition coefficient (Wildman–Crippen LogP) is 2.30. The number of ether oxygens (including phenoxy) is 2. The van der Waals surface area contributed by atoms with Crippen LogP contribution in [0.5, 0.6) is 11.5 Å². The van der Waals surface area contributed by atoms with E-state index in [1.54, 1.807) is 20.4 Å². The van der Waals surface area contributed by atoms with Crippen LogP contribution in [0.2, 0.25) is 0 Å². The van der Waals surface area contributed by atoms with E-state index in [9.17, 15) is 0 Å². The Kier molecular flexibility index (Phi) is 3.49. The Morgan fingerprint density at radius 1 is 1.29 bits per heavy atom. The fourth-order valence-electron chi connectivity index (χ4n) is 1.46. The molecule has 0 bridgehead atoms. The number of aromatic nitrogens is 1. The van der Waals surface area contributed by atoms with Crippen molar-refractivity contribution in [3.05, 3.63) is 36.5 Å². The van der Waals surface area contributed by atoms with Gasteiger partial charge in [0.2, 0.25) is 0 Å². The molecule has 0 saturated heterocycles. The first-order valence-electron chi connectivity index (χ1n) is 5.16. The van der Waals surface area contributed by atoms with Gasteiger partial charge in [-0.25, -0.2) is 4.98 Å². The molecule has 5 heteroatoms. The van der Waals surface area contributed by atoms with Gasteiger partial charge in [-0.3, -0.25) is 0 Å². The molecule has 0 unspecified atom stereocenters. The van der Waals surface area contributed by atoms with E-state index in [1.807, 2.05) is 18.2 Å². The summed E-state index contributed by atoms with van der Waals surface area (Å²) in [5, 5.41) is 3.20. The summed E-state index contributed by atoms with van der Waals surface area (Å²) < 4.78 is 15.5. The van der Waals surface area contributed by atoms with Crippen LogP contribution < -0.4 is 14.8 Å². The van der Waals surface area contributed by atoms with Gasteiger partial charge >= 0.3 is 0 Å². The van der Waals surface area contributed by atoms with Crippen molar-refractivity contribution in [3.63, 3.8) is 0 Å². The SMILES string of the molecule is COc1ccc(NCc2cnco2)c(OC)c1. The summed E-state index contributed by atoms with van der Waals surface area (Å²) in [5.74, 6) is 2.25. The summed E-state index contributed by atoms with van der Waals surface area (Å²) in [6, 6.07) is 5.59. The lowest BCUT2D eigenvalue weighted by atomic mass is 10.2. The molecule has 0 saturated carbocycles. The predicted molar refractivity (Wildman–Crippen MR) is 63.4 cm³/mol. The molecule has 1 aromatic carbocycles. The van der Waals surface area contributed by atoms with Gasteiger partial charge in [0.1, 0.15) is 17.3 Å². The third-order valence-corrected chi connectivity index (χ3v) is 2.35. The highest BCUT2D eigenvalue weighted by Crippen LogP contribution is 2.29. The van der Waals surface area contributed by atoms with Crippen LogP contribution in [0, 0.1) is 0 Å². The van der Waals surface area contributed by atoms with Gasteiger partial charge in [-0.1, -0.05) is 0 Å². The van der Waals surface area contributed by atoms with Gasteiger partial charge < -0.3 is 19.2 Å². The van der Waals surface area contributed by atoms with Crippen LogP contribution >= 0.6 is 0 Å². The van der Waals surface area contributed by atoms with Gasteiger partial charge in [0.05, 0.1) is 32.6 Å². The molecule has 5 nitrogen and oxygen atoms in total. The van der Waals surface area contributed by atoms with E-state index in [1.165, 1.54) is 6.39 Å². The zero-order valence-corrected chi connectivity index (χ0v) is 9.77. The summed E-state index contributed by atoms with van der Waals surface area (Å²) in [5.41, 5.74) is 0.879. The fraction of sp³-hybridized carbons (Fsp3) is 0.250. The smallest absolute Gasteiger partial charge is 0.180 e. The molecule has 1 aromatic heterocycles. The van der Waals surface area contributed by atoms with Crippen LogP contribution in [-0.2, 0) is 6.54 Å². The normalized spacial score (nSPS) is 10.0. The summed E-state index contributed by atoms with van der Waals surface area (Å²) in [4.78, 5) is 3.85. The third kappa shape index (κ3) is 2.69. The van der Waals surface area contributed by atoms with Crippen LogP contribution in [0.15, 0.2) is 35.2 Å². The first-order chi connectivity index (χ1) is 8.33. The number of hydrogen-bond acceptors (Lipinski definition) is 5. The zero-order chi connectivity index (χ0) is 12.1. The van der Waals surface area contributed by atoms with Crippen molar-refractivity contribution in [2.45, 2.75) is 6.54 Å². The Morgan fingerprint density at radius 2 is 2.18 bits per heavy atom. The van der Waals surface area contributed by atoms with E-state index >= 15 is 0 Å². The van der Waals surface area contributed by atoms with Gasteiger partial charge in [0, 0.05) is 6.07 Å². The largest absolute Gasteiger partial charge is 0.497 e. The van der Waals surface area contributed by atoms with E-state index in [0.717, 1.165) is 22.9 Å². The molecule has 0 amide bonds.